The Balaban J connectivity index is 2.65. The van der Waals surface area contributed by atoms with Gasteiger partial charge in [-0.1, -0.05) is 33.6 Å². The maximum absolute atomic E-state index is 11.0. The van der Waals surface area contributed by atoms with Crippen molar-refractivity contribution in [2.45, 2.75) is 46.6 Å². The summed E-state index contributed by atoms with van der Waals surface area (Å²) in [5, 5.41) is 12.0. The summed E-state index contributed by atoms with van der Waals surface area (Å²) in [6.45, 7) is 6.53. The minimum absolute atomic E-state index is 0.0124. The highest BCUT2D eigenvalue weighted by molar-refractivity contribution is 5.68. The number of methoxy groups -OCH3 is 1. The Kier molecular flexibility index (Phi) is 4.60. The van der Waals surface area contributed by atoms with E-state index in [1.807, 2.05) is 0 Å². The van der Waals surface area contributed by atoms with Crippen LogP contribution in [0.15, 0.2) is 0 Å². The minimum atomic E-state index is -0.373. The van der Waals surface area contributed by atoms with Crippen LogP contribution in [0.3, 0.4) is 0 Å². The van der Waals surface area contributed by atoms with Crippen LogP contribution in [0.1, 0.15) is 39.4 Å². The minimum Gasteiger partial charge on any atom is -0.468 e. The first-order valence-electron chi connectivity index (χ1n) is 5.86. The molecule has 0 fully saturated rings. The van der Waals surface area contributed by atoms with Crippen LogP contribution in [0.5, 0.6) is 0 Å². The average Bonchev–Trinajstić information content (AvgIpc) is 2.75. The molecule has 0 saturated heterocycles. The van der Waals surface area contributed by atoms with Crippen LogP contribution in [0, 0.1) is 5.41 Å². The zero-order valence-electron chi connectivity index (χ0n) is 10.9. The van der Waals surface area contributed by atoms with Crippen LogP contribution in [0.4, 0.5) is 0 Å². The predicted octanol–water partition coefficient (Wildman–Crippen LogP) is 1.21. The summed E-state index contributed by atoms with van der Waals surface area (Å²) in [5.74, 6) is 0.308. The van der Waals surface area contributed by atoms with E-state index in [2.05, 4.69) is 40.9 Å². The van der Waals surface area contributed by atoms with Gasteiger partial charge in [-0.15, -0.1) is 10.2 Å². The number of ether oxygens (including phenoxy) is 1. The Hall–Kier alpha value is -1.46. The van der Waals surface area contributed by atoms with E-state index in [-0.39, 0.29) is 17.9 Å². The highest BCUT2D eigenvalue weighted by atomic mass is 16.5. The number of hydrogen-bond acceptors (Lipinski definition) is 5. The molecule has 0 radical (unpaired) electrons. The number of carbonyl (C=O) groups is 1. The molecule has 17 heavy (non-hydrogen) atoms. The van der Waals surface area contributed by atoms with Crippen molar-refractivity contribution in [1.29, 1.82) is 0 Å². The molecule has 0 atom stereocenters. The molecule has 96 valence electrons. The lowest BCUT2D eigenvalue weighted by Gasteiger charge is -2.24. The Bertz CT molecular complexity index is 371. The standard InChI is InChI=1S/C11H20N4O2/c1-5-11(3,6-2)7-9-12-14-15(13-9)8-10(16)17-4/h5-8H2,1-4H3. The molecular weight excluding hydrogens is 220 g/mol. The second-order valence-electron chi connectivity index (χ2n) is 4.51. The molecule has 0 N–H and O–H groups in total. The fourth-order valence-electron chi connectivity index (χ4n) is 1.48. The average molecular weight is 240 g/mol. The normalized spacial score (nSPS) is 11.5. The van der Waals surface area contributed by atoms with Gasteiger partial charge in [0, 0.05) is 6.42 Å². The SMILES string of the molecule is CCC(C)(CC)Cc1nnn(CC(=O)OC)n1. The summed E-state index contributed by atoms with van der Waals surface area (Å²) in [4.78, 5) is 12.3. The second-order valence-corrected chi connectivity index (χ2v) is 4.51. The van der Waals surface area contributed by atoms with E-state index in [0.29, 0.717) is 5.82 Å². The van der Waals surface area contributed by atoms with Gasteiger partial charge in [0.05, 0.1) is 7.11 Å². The molecule has 1 rings (SSSR count). The molecule has 1 aromatic heterocycles. The van der Waals surface area contributed by atoms with Crippen LogP contribution in [-0.2, 0) is 22.5 Å². The molecule has 0 spiro atoms. The topological polar surface area (TPSA) is 69.9 Å². The molecule has 0 unspecified atom stereocenters. The third kappa shape index (κ3) is 3.80. The van der Waals surface area contributed by atoms with E-state index in [1.54, 1.807) is 0 Å². The lowest BCUT2D eigenvalue weighted by atomic mass is 9.81. The summed E-state index contributed by atoms with van der Waals surface area (Å²) < 4.78 is 4.54. The molecule has 0 aliphatic heterocycles. The zero-order valence-corrected chi connectivity index (χ0v) is 10.9. The highest BCUT2D eigenvalue weighted by Gasteiger charge is 2.22. The molecule has 0 saturated carbocycles. The van der Waals surface area contributed by atoms with E-state index in [4.69, 9.17) is 0 Å². The summed E-state index contributed by atoms with van der Waals surface area (Å²) in [7, 11) is 1.34. The summed E-state index contributed by atoms with van der Waals surface area (Å²) in [6.07, 6.45) is 2.91. The molecule has 0 amide bonds. The first kappa shape index (κ1) is 13.6. The molecule has 6 heteroatoms. The molecule has 6 nitrogen and oxygen atoms in total. The third-order valence-electron chi connectivity index (χ3n) is 3.28. The van der Waals surface area contributed by atoms with Gasteiger partial charge in [-0.3, -0.25) is 0 Å². The zero-order chi connectivity index (χ0) is 12.9. The van der Waals surface area contributed by atoms with E-state index < -0.39 is 0 Å². The van der Waals surface area contributed by atoms with Gasteiger partial charge in [0.25, 0.3) is 0 Å². The Labute approximate surface area is 101 Å². The quantitative estimate of drug-likeness (QED) is 0.699. The Morgan fingerprint density at radius 1 is 1.41 bits per heavy atom. The molecule has 0 bridgehead atoms. The maximum Gasteiger partial charge on any atom is 0.329 e. The van der Waals surface area contributed by atoms with Crippen LogP contribution < -0.4 is 0 Å². The van der Waals surface area contributed by atoms with Gasteiger partial charge in [-0.25, -0.2) is 4.79 Å². The number of esters is 1. The van der Waals surface area contributed by atoms with Crippen molar-refractivity contribution in [1.82, 2.24) is 20.2 Å². The molecule has 0 aliphatic rings. The summed E-state index contributed by atoms with van der Waals surface area (Å²) in [5.41, 5.74) is 0.194. The van der Waals surface area contributed by atoms with Crippen molar-refractivity contribution in [2.24, 2.45) is 5.41 Å². The van der Waals surface area contributed by atoms with Gasteiger partial charge >= 0.3 is 5.97 Å². The number of rotatable bonds is 6. The van der Waals surface area contributed by atoms with Crippen molar-refractivity contribution in [3.8, 4) is 0 Å². The van der Waals surface area contributed by atoms with E-state index >= 15 is 0 Å². The van der Waals surface area contributed by atoms with Crippen molar-refractivity contribution in [3.63, 3.8) is 0 Å². The molecule has 0 aliphatic carbocycles. The van der Waals surface area contributed by atoms with Gasteiger partial charge in [0.2, 0.25) is 0 Å². The largest absolute Gasteiger partial charge is 0.468 e. The van der Waals surface area contributed by atoms with Crippen molar-refractivity contribution < 1.29 is 9.53 Å². The Morgan fingerprint density at radius 2 is 2.06 bits per heavy atom. The first-order chi connectivity index (χ1) is 8.03. The smallest absolute Gasteiger partial charge is 0.329 e. The van der Waals surface area contributed by atoms with Crippen LogP contribution >= 0.6 is 0 Å². The molecule has 1 heterocycles. The number of hydrogen-bond donors (Lipinski definition) is 0. The van der Waals surface area contributed by atoms with Gasteiger partial charge in [0.15, 0.2) is 12.4 Å². The second kappa shape index (κ2) is 5.75. The van der Waals surface area contributed by atoms with E-state index in [1.165, 1.54) is 11.9 Å². The Morgan fingerprint density at radius 3 is 2.59 bits per heavy atom. The van der Waals surface area contributed by atoms with Gasteiger partial charge in [0.1, 0.15) is 0 Å². The molecular formula is C11H20N4O2. The number of tetrazole rings is 1. The first-order valence-corrected chi connectivity index (χ1v) is 5.86. The lowest BCUT2D eigenvalue weighted by molar-refractivity contribution is -0.141. The predicted molar refractivity (Wildman–Crippen MR) is 62.2 cm³/mol. The fourth-order valence-corrected chi connectivity index (χ4v) is 1.48. The number of aromatic nitrogens is 4. The van der Waals surface area contributed by atoms with Gasteiger partial charge in [-0.2, -0.15) is 4.80 Å². The van der Waals surface area contributed by atoms with Gasteiger partial charge in [-0.05, 0) is 10.6 Å². The van der Waals surface area contributed by atoms with E-state index in [0.717, 1.165) is 19.3 Å². The van der Waals surface area contributed by atoms with Crippen molar-refractivity contribution in [2.75, 3.05) is 7.11 Å². The maximum atomic E-state index is 11.0. The van der Waals surface area contributed by atoms with Crippen molar-refractivity contribution in [3.05, 3.63) is 5.82 Å². The van der Waals surface area contributed by atoms with Crippen LogP contribution in [0.2, 0.25) is 0 Å². The van der Waals surface area contributed by atoms with Crippen LogP contribution in [0.25, 0.3) is 0 Å². The fraction of sp³-hybridized carbons (Fsp3) is 0.818. The summed E-state index contributed by atoms with van der Waals surface area (Å²) >= 11 is 0. The number of nitrogens with zero attached hydrogens (tertiary/aromatic N) is 4. The summed E-state index contributed by atoms with van der Waals surface area (Å²) in [6, 6.07) is 0. The van der Waals surface area contributed by atoms with Crippen molar-refractivity contribution >= 4 is 5.97 Å². The monoisotopic (exact) mass is 240 g/mol. The van der Waals surface area contributed by atoms with Gasteiger partial charge < -0.3 is 4.74 Å². The lowest BCUT2D eigenvalue weighted by Crippen LogP contribution is -2.18. The third-order valence-corrected chi connectivity index (χ3v) is 3.28. The highest BCUT2D eigenvalue weighted by Crippen LogP contribution is 2.28. The molecule has 0 aromatic carbocycles. The molecule has 1 aromatic rings. The van der Waals surface area contributed by atoms with Crippen LogP contribution in [-0.4, -0.2) is 33.3 Å². The van der Waals surface area contributed by atoms with E-state index in [9.17, 15) is 4.79 Å². The number of carbonyl (C=O) groups excluding carboxylic acids is 1.